The summed E-state index contributed by atoms with van der Waals surface area (Å²) in [5.41, 5.74) is 3.21. The number of rotatable bonds is 5. The van der Waals surface area contributed by atoms with Crippen molar-refractivity contribution in [1.82, 2.24) is 18.9 Å². The summed E-state index contributed by atoms with van der Waals surface area (Å²) in [4.78, 5) is 11.0. The minimum atomic E-state index is -2.53. The number of anilines is 1. The van der Waals surface area contributed by atoms with Crippen LogP contribution in [0.1, 0.15) is 0 Å². The molecule has 0 saturated carbocycles. The third kappa shape index (κ3) is 3.76. The molecule has 0 bridgehead atoms. The van der Waals surface area contributed by atoms with Crippen molar-refractivity contribution < 1.29 is 17.9 Å². The van der Waals surface area contributed by atoms with Crippen LogP contribution in [0.5, 0.6) is 0 Å². The Kier molecular flexibility index (Phi) is 5.11. The maximum absolute atomic E-state index is 13.4. The molecule has 31 heavy (non-hydrogen) atoms. The Bertz CT molecular complexity index is 1200. The Labute approximate surface area is 176 Å². The summed E-state index contributed by atoms with van der Waals surface area (Å²) < 4.78 is 48.8. The topological polar surface area (TPSA) is 47.6 Å². The largest absolute Gasteiger partial charge is 0.378 e. The van der Waals surface area contributed by atoms with Crippen LogP contribution in [0.3, 0.4) is 0 Å². The predicted molar refractivity (Wildman–Crippen MR) is 111 cm³/mol. The number of hydrogen-bond donors (Lipinski definition) is 0. The minimum absolute atomic E-state index is 0.368. The highest BCUT2D eigenvalue weighted by atomic mass is 19.3. The van der Waals surface area contributed by atoms with E-state index in [1.807, 2.05) is 28.9 Å². The molecule has 9 heteroatoms. The Hall–Kier alpha value is -3.33. The fourth-order valence-electron chi connectivity index (χ4n) is 3.93. The van der Waals surface area contributed by atoms with Gasteiger partial charge in [0.15, 0.2) is 0 Å². The van der Waals surface area contributed by atoms with E-state index < -0.39 is 13.0 Å². The van der Waals surface area contributed by atoms with Gasteiger partial charge in [-0.1, -0.05) is 0 Å². The number of aromatic nitrogens is 4. The van der Waals surface area contributed by atoms with Crippen LogP contribution >= 0.6 is 0 Å². The summed E-state index contributed by atoms with van der Waals surface area (Å²) in [6.07, 6.45) is 2.57. The molecule has 0 radical (unpaired) electrons. The summed E-state index contributed by atoms with van der Waals surface area (Å²) >= 11 is 0. The Morgan fingerprint density at radius 3 is 2.45 bits per heavy atom. The lowest BCUT2D eigenvalue weighted by Crippen LogP contribution is -2.36. The fraction of sp³-hybridized carbons (Fsp3) is 0.273. The zero-order valence-electron chi connectivity index (χ0n) is 16.6. The van der Waals surface area contributed by atoms with Crippen molar-refractivity contribution in [1.29, 1.82) is 0 Å². The number of alkyl halides is 2. The van der Waals surface area contributed by atoms with Crippen molar-refractivity contribution in [3.05, 3.63) is 60.9 Å². The normalized spacial score (nSPS) is 14.6. The number of ether oxygens (including phenoxy) is 1. The molecule has 4 heterocycles. The molecule has 4 aromatic rings. The molecule has 0 N–H and O–H groups in total. The van der Waals surface area contributed by atoms with Crippen molar-refractivity contribution >= 4 is 11.5 Å². The van der Waals surface area contributed by atoms with E-state index in [1.54, 1.807) is 12.1 Å². The van der Waals surface area contributed by atoms with Gasteiger partial charge in [0.25, 0.3) is 6.43 Å². The van der Waals surface area contributed by atoms with Gasteiger partial charge in [0.1, 0.15) is 17.3 Å². The first kappa shape index (κ1) is 19.6. The third-order valence-electron chi connectivity index (χ3n) is 5.38. The summed E-state index contributed by atoms with van der Waals surface area (Å²) in [7, 11) is 0. The quantitative estimate of drug-likeness (QED) is 0.481. The zero-order chi connectivity index (χ0) is 21.4. The van der Waals surface area contributed by atoms with Crippen molar-refractivity contribution in [2.24, 2.45) is 0 Å². The van der Waals surface area contributed by atoms with Crippen LogP contribution in [0.15, 0.2) is 55.1 Å². The van der Waals surface area contributed by atoms with Crippen molar-refractivity contribution in [2.75, 3.05) is 31.2 Å². The molecule has 0 amide bonds. The Morgan fingerprint density at radius 2 is 1.71 bits per heavy atom. The molecule has 0 unspecified atom stereocenters. The average Bonchev–Trinajstić information content (AvgIpc) is 3.38. The molecular formula is C22H20F3N5O. The highest BCUT2D eigenvalue weighted by molar-refractivity contribution is 5.79. The van der Waals surface area contributed by atoms with Crippen LogP contribution in [0, 0.1) is 5.82 Å². The molecule has 6 nitrogen and oxygen atoms in total. The van der Waals surface area contributed by atoms with E-state index in [-0.39, 0.29) is 5.82 Å². The van der Waals surface area contributed by atoms with Gasteiger partial charge < -0.3 is 14.2 Å². The van der Waals surface area contributed by atoms with Crippen LogP contribution in [0.4, 0.5) is 19.0 Å². The van der Waals surface area contributed by atoms with Gasteiger partial charge in [-0.2, -0.15) is 0 Å². The number of hydrogen-bond acceptors (Lipinski definition) is 4. The monoisotopic (exact) mass is 427 g/mol. The van der Waals surface area contributed by atoms with Crippen LogP contribution in [0.25, 0.3) is 28.2 Å². The van der Waals surface area contributed by atoms with E-state index in [2.05, 4.69) is 14.9 Å². The smallest absolute Gasteiger partial charge is 0.256 e. The lowest BCUT2D eigenvalue weighted by molar-refractivity contribution is 0.122. The predicted octanol–water partition coefficient (Wildman–Crippen LogP) is 4.11. The van der Waals surface area contributed by atoms with Crippen LogP contribution in [-0.4, -0.2) is 51.7 Å². The standard InChI is InChI=1S/C22H20F3N5O/c23-17-4-1-15(2-5-17)21-22(29(14-27-21)13-18(24)25)16-3-6-19-26-11-20(30(19)12-16)28-7-9-31-10-8-28/h1-6,11-12,14,18H,7-10,13H2. The molecule has 0 aliphatic carbocycles. The SMILES string of the molecule is Fc1ccc(-c2ncn(CC(F)F)c2-c2ccc3ncc(N4CCOCC4)n3c2)cc1. The molecule has 1 saturated heterocycles. The lowest BCUT2D eigenvalue weighted by Gasteiger charge is -2.28. The second kappa shape index (κ2) is 8.07. The number of halogens is 3. The van der Waals surface area contributed by atoms with E-state index in [4.69, 9.17) is 4.74 Å². The summed E-state index contributed by atoms with van der Waals surface area (Å²) in [5, 5.41) is 0. The fourth-order valence-corrected chi connectivity index (χ4v) is 3.93. The third-order valence-corrected chi connectivity index (χ3v) is 5.38. The van der Waals surface area contributed by atoms with Gasteiger partial charge >= 0.3 is 0 Å². The molecular weight excluding hydrogens is 407 g/mol. The number of imidazole rings is 2. The van der Waals surface area contributed by atoms with Crippen molar-refractivity contribution in [3.63, 3.8) is 0 Å². The summed E-state index contributed by atoms with van der Waals surface area (Å²) in [5.74, 6) is 0.552. The van der Waals surface area contributed by atoms with Crippen LogP contribution < -0.4 is 4.90 Å². The highest BCUT2D eigenvalue weighted by Gasteiger charge is 2.20. The number of benzene rings is 1. The number of nitrogens with zero attached hydrogens (tertiary/aromatic N) is 5. The van der Waals surface area contributed by atoms with Gasteiger partial charge in [-0.25, -0.2) is 23.1 Å². The molecule has 1 aliphatic heterocycles. The van der Waals surface area contributed by atoms with Crippen molar-refractivity contribution in [3.8, 4) is 22.5 Å². The van der Waals surface area contributed by atoms with E-state index in [9.17, 15) is 13.2 Å². The van der Waals surface area contributed by atoms with E-state index in [1.165, 1.54) is 23.0 Å². The minimum Gasteiger partial charge on any atom is -0.378 e. The molecule has 1 aromatic carbocycles. The zero-order valence-corrected chi connectivity index (χ0v) is 16.6. The first-order chi connectivity index (χ1) is 15.1. The Morgan fingerprint density at radius 1 is 0.968 bits per heavy atom. The van der Waals surface area contributed by atoms with E-state index in [0.29, 0.717) is 30.2 Å². The molecule has 1 fully saturated rings. The number of pyridine rings is 1. The van der Waals surface area contributed by atoms with Gasteiger partial charge in [-0.15, -0.1) is 0 Å². The van der Waals surface area contributed by atoms with E-state index in [0.717, 1.165) is 30.1 Å². The van der Waals surface area contributed by atoms with Gasteiger partial charge in [0, 0.05) is 30.4 Å². The molecule has 5 rings (SSSR count). The Balaban J connectivity index is 1.64. The lowest BCUT2D eigenvalue weighted by atomic mass is 10.1. The highest BCUT2D eigenvalue weighted by Crippen LogP contribution is 2.33. The van der Waals surface area contributed by atoms with Gasteiger partial charge in [-0.05, 0) is 36.4 Å². The van der Waals surface area contributed by atoms with Gasteiger partial charge in [-0.3, -0.25) is 4.40 Å². The van der Waals surface area contributed by atoms with Gasteiger partial charge in [0.2, 0.25) is 0 Å². The molecule has 160 valence electrons. The van der Waals surface area contributed by atoms with E-state index >= 15 is 0 Å². The summed E-state index contributed by atoms with van der Waals surface area (Å²) in [6.45, 7) is 2.30. The van der Waals surface area contributed by atoms with Crippen molar-refractivity contribution in [2.45, 2.75) is 13.0 Å². The second-order valence-electron chi connectivity index (χ2n) is 7.35. The molecule has 0 atom stereocenters. The number of fused-ring (bicyclic) bond motifs is 1. The van der Waals surface area contributed by atoms with Crippen LogP contribution in [-0.2, 0) is 11.3 Å². The van der Waals surface area contributed by atoms with Crippen LogP contribution in [0.2, 0.25) is 0 Å². The first-order valence-corrected chi connectivity index (χ1v) is 9.99. The first-order valence-electron chi connectivity index (χ1n) is 9.99. The maximum Gasteiger partial charge on any atom is 0.256 e. The number of morpholine rings is 1. The van der Waals surface area contributed by atoms with Gasteiger partial charge in [0.05, 0.1) is 43.7 Å². The maximum atomic E-state index is 13.4. The molecule has 0 spiro atoms. The average molecular weight is 427 g/mol. The summed E-state index contributed by atoms with van der Waals surface area (Å²) in [6, 6.07) is 9.57. The molecule has 1 aliphatic rings. The molecule has 3 aromatic heterocycles. The second-order valence-corrected chi connectivity index (χ2v) is 7.35.